The number of rotatable bonds is 5. The monoisotopic (exact) mass is 481 g/mol. The molecule has 4 fully saturated rings. The van der Waals surface area contributed by atoms with Crippen molar-refractivity contribution in [2.45, 2.75) is 78.2 Å². The first-order valence-electron chi connectivity index (χ1n) is 13.9. The van der Waals surface area contributed by atoms with Crippen molar-refractivity contribution in [2.24, 2.45) is 46.3 Å². The Bertz CT molecular complexity index is 1120. The molecule has 4 aliphatic rings. The lowest BCUT2D eigenvalue weighted by Crippen LogP contribution is -2.56. The molecule has 1 heterocycles. The molecular weight excluding hydrogens is 441 g/mol. The molecule has 0 saturated heterocycles. The molecule has 5 nitrogen and oxygen atoms in total. The van der Waals surface area contributed by atoms with Crippen molar-refractivity contribution in [3.63, 3.8) is 0 Å². The number of hydrogen-bond acceptors (Lipinski definition) is 4. The van der Waals surface area contributed by atoms with Crippen LogP contribution < -0.4 is 0 Å². The highest BCUT2D eigenvalue weighted by molar-refractivity contribution is 5.82. The van der Waals surface area contributed by atoms with Gasteiger partial charge in [0.1, 0.15) is 17.6 Å². The number of Topliss-reactive ketones (excluding diaryl/α,β-unsaturated/α-hetero) is 1. The third kappa shape index (κ3) is 3.60. The Balaban J connectivity index is 1.23. The third-order valence-electron chi connectivity index (χ3n) is 11.1. The van der Waals surface area contributed by atoms with Crippen LogP contribution in [0.4, 0.5) is 4.39 Å². The van der Waals surface area contributed by atoms with Crippen molar-refractivity contribution in [3.05, 3.63) is 24.0 Å². The van der Waals surface area contributed by atoms with Crippen LogP contribution in [0.1, 0.15) is 71.6 Å². The lowest BCUT2D eigenvalue weighted by molar-refractivity contribution is -0.154. The summed E-state index contributed by atoms with van der Waals surface area (Å²) in [6.07, 6.45) is 11.1. The van der Waals surface area contributed by atoms with Crippen LogP contribution in [0.3, 0.4) is 0 Å². The Morgan fingerprint density at radius 2 is 1.97 bits per heavy atom. The number of hydrogen-bond donors (Lipinski definition) is 0. The van der Waals surface area contributed by atoms with Gasteiger partial charge in [0.15, 0.2) is 11.6 Å². The van der Waals surface area contributed by atoms with Crippen molar-refractivity contribution in [1.82, 2.24) is 15.0 Å². The zero-order valence-corrected chi connectivity index (χ0v) is 21.5. The number of ketones is 1. The van der Waals surface area contributed by atoms with E-state index in [4.69, 9.17) is 4.74 Å². The van der Waals surface area contributed by atoms with Gasteiger partial charge in [-0.1, -0.05) is 26.3 Å². The van der Waals surface area contributed by atoms with E-state index in [0.29, 0.717) is 22.8 Å². The summed E-state index contributed by atoms with van der Waals surface area (Å²) in [6.45, 7) is 5.88. The average molecular weight is 482 g/mol. The van der Waals surface area contributed by atoms with E-state index in [1.807, 2.05) is 7.11 Å². The van der Waals surface area contributed by atoms with Crippen LogP contribution in [0, 0.1) is 52.2 Å². The number of aromatic nitrogens is 3. The Morgan fingerprint density at radius 3 is 2.77 bits per heavy atom. The first-order valence-corrected chi connectivity index (χ1v) is 13.9. The van der Waals surface area contributed by atoms with Crippen molar-refractivity contribution in [2.75, 3.05) is 13.7 Å². The van der Waals surface area contributed by atoms with Gasteiger partial charge in [-0.25, -0.2) is 4.39 Å². The maximum Gasteiger partial charge on any atom is 0.159 e. The molecule has 35 heavy (non-hydrogen) atoms. The number of ether oxygens (including phenoxy) is 1. The summed E-state index contributed by atoms with van der Waals surface area (Å²) in [7, 11) is 1.89. The molecule has 0 N–H and O–H groups in total. The largest absolute Gasteiger partial charge is 0.384 e. The lowest BCUT2D eigenvalue weighted by Gasteiger charge is -2.61. The lowest BCUT2D eigenvalue weighted by atomic mass is 9.44. The minimum atomic E-state index is -0.384. The van der Waals surface area contributed by atoms with E-state index < -0.39 is 0 Å². The predicted octanol–water partition coefficient (Wildman–Crippen LogP) is 6.06. The second kappa shape index (κ2) is 8.64. The van der Waals surface area contributed by atoms with Crippen molar-refractivity contribution >= 4 is 16.8 Å². The van der Waals surface area contributed by atoms with Crippen LogP contribution in [-0.2, 0) is 16.1 Å². The van der Waals surface area contributed by atoms with Gasteiger partial charge in [-0.3, -0.25) is 4.79 Å². The molecule has 6 rings (SSSR count). The first-order chi connectivity index (χ1) is 16.9. The van der Waals surface area contributed by atoms with Gasteiger partial charge in [-0.05, 0) is 104 Å². The highest BCUT2D eigenvalue weighted by Gasteiger charge is 2.62. The number of fused-ring (bicyclic) bond motifs is 6. The van der Waals surface area contributed by atoms with E-state index in [-0.39, 0.29) is 35.0 Å². The van der Waals surface area contributed by atoms with E-state index in [9.17, 15) is 9.18 Å². The van der Waals surface area contributed by atoms with Gasteiger partial charge in [0.05, 0.1) is 6.61 Å². The molecule has 2 aromatic rings. The summed E-state index contributed by atoms with van der Waals surface area (Å²) >= 11 is 0. The normalized spacial score (nSPS) is 40.8. The Morgan fingerprint density at radius 1 is 1.11 bits per heavy atom. The van der Waals surface area contributed by atoms with Gasteiger partial charge in [-0.2, -0.15) is 9.90 Å². The second-order valence-electron chi connectivity index (χ2n) is 12.7. The van der Waals surface area contributed by atoms with Crippen LogP contribution >= 0.6 is 0 Å². The molecule has 0 aliphatic heterocycles. The molecular formula is C29H40FN3O2. The van der Waals surface area contributed by atoms with Crippen LogP contribution in [0.15, 0.2) is 18.2 Å². The standard InChI is InChI=1S/C29H40FN3O2/c1-18-11-14-29(17-35-3)19(15-18)7-8-20-21-9-10-23(28(21,2)13-12-22(20)29)26(34)16-33-31-25-6-4-5-24(30)27(25)32-33/h4-6,18-23H,7-17H2,1-3H3. The van der Waals surface area contributed by atoms with Crippen LogP contribution in [-0.4, -0.2) is 34.5 Å². The van der Waals surface area contributed by atoms with E-state index >= 15 is 0 Å². The molecule has 1 aromatic carbocycles. The van der Waals surface area contributed by atoms with Crippen molar-refractivity contribution < 1.29 is 13.9 Å². The summed E-state index contributed by atoms with van der Waals surface area (Å²) in [5.74, 6) is 3.60. The highest BCUT2D eigenvalue weighted by Crippen LogP contribution is 2.68. The number of halogens is 1. The molecule has 0 spiro atoms. The van der Waals surface area contributed by atoms with Crippen molar-refractivity contribution in [3.8, 4) is 0 Å². The molecule has 4 aliphatic carbocycles. The molecule has 0 bridgehead atoms. The smallest absolute Gasteiger partial charge is 0.159 e. The summed E-state index contributed by atoms with van der Waals surface area (Å²) in [5, 5.41) is 8.68. The summed E-state index contributed by atoms with van der Waals surface area (Å²) in [5.41, 5.74) is 1.16. The average Bonchev–Trinajstić information content (AvgIpc) is 3.40. The number of benzene rings is 1. The Labute approximate surface area is 208 Å². The topological polar surface area (TPSA) is 57.0 Å². The number of nitrogens with zero attached hydrogens (tertiary/aromatic N) is 3. The molecule has 8 unspecified atom stereocenters. The quantitative estimate of drug-likeness (QED) is 0.521. The molecule has 1 aromatic heterocycles. The SMILES string of the molecule is COCC12CCC(C)CC1CCC1C3CCC(C(=O)Cn4nc5cccc(F)c5n4)C3(C)CCC12. The Hall–Kier alpha value is -1.82. The van der Waals surface area contributed by atoms with E-state index in [2.05, 4.69) is 24.0 Å². The van der Waals surface area contributed by atoms with Crippen LogP contribution in [0.25, 0.3) is 11.0 Å². The van der Waals surface area contributed by atoms with E-state index in [1.54, 1.807) is 12.1 Å². The maximum atomic E-state index is 14.1. The number of carbonyl (C=O) groups excluding carboxylic acids is 1. The summed E-state index contributed by atoms with van der Waals surface area (Å²) in [6, 6.07) is 4.78. The minimum Gasteiger partial charge on any atom is -0.384 e. The fourth-order valence-corrected chi connectivity index (χ4v) is 9.61. The molecule has 6 heteroatoms. The summed E-state index contributed by atoms with van der Waals surface area (Å²) in [4.78, 5) is 15.0. The van der Waals surface area contributed by atoms with Gasteiger partial charge in [0.25, 0.3) is 0 Å². The fourth-order valence-electron chi connectivity index (χ4n) is 9.61. The van der Waals surface area contributed by atoms with Crippen molar-refractivity contribution in [1.29, 1.82) is 0 Å². The van der Waals surface area contributed by atoms with E-state index in [0.717, 1.165) is 43.6 Å². The third-order valence-corrected chi connectivity index (χ3v) is 11.1. The molecule has 190 valence electrons. The summed E-state index contributed by atoms with van der Waals surface area (Å²) < 4.78 is 20.0. The zero-order valence-electron chi connectivity index (χ0n) is 21.5. The second-order valence-corrected chi connectivity index (χ2v) is 12.7. The van der Waals surface area contributed by atoms with Gasteiger partial charge in [0.2, 0.25) is 0 Å². The number of carbonyl (C=O) groups is 1. The van der Waals surface area contributed by atoms with E-state index in [1.165, 1.54) is 49.4 Å². The molecule has 4 saturated carbocycles. The minimum absolute atomic E-state index is 0.0508. The van der Waals surface area contributed by atoms with Crippen LogP contribution in [0.5, 0.6) is 0 Å². The molecule has 8 atom stereocenters. The number of methoxy groups -OCH3 is 1. The molecule has 0 radical (unpaired) electrons. The maximum absolute atomic E-state index is 14.1. The van der Waals surface area contributed by atoms with Gasteiger partial charge >= 0.3 is 0 Å². The molecule has 0 amide bonds. The fraction of sp³-hybridized carbons (Fsp3) is 0.759. The van der Waals surface area contributed by atoms with Gasteiger partial charge < -0.3 is 4.74 Å². The first kappa shape index (κ1) is 23.6. The highest BCUT2D eigenvalue weighted by atomic mass is 19.1. The van der Waals surface area contributed by atoms with Crippen LogP contribution in [0.2, 0.25) is 0 Å². The van der Waals surface area contributed by atoms with Gasteiger partial charge in [-0.15, -0.1) is 5.10 Å². The Kier molecular flexibility index (Phi) is 5.82. The zero-order chi connectivity index (χ0) is 24.4. The predicted molar refractivity (Wildman–Crippen MR) is 133 cm³/mol. The van der Waals surface area contributed by atoms with Gasteiger partial charge in [0, 0.05) is 13.0 Å².